The third-order valence-electron chi connectivity index (χ3n) is 4.83. The van der Waals surface area contributed by atoms with Crippen molar-refractivity contribution in [1.29, 1.82) is 0 Å². The van der Waals surface area contributed by atoms with E-state index in [4.69, 9.17) is 11.6 Å². The lowest BCUT2D eigenvalue weighted by molar-refractivity contribution is -0.113. The van der Waals surface area contributed by atoms with Crippen LogP contribution in [0.2, 0.25) is 5.02 Å². The quantitative estimate of drug-likeness (QED) is 0.341. The monoisotopic (exact) mass is 447 g/mol. The molecule has 156 valence electrons. The number of thioether (sulfide) groups is 1. The van der Waals surface area contributed by atoms with Gasteiger partial charge < -0.3 is 5.32 Å². The normalized spacial score (nSPS) is 10.8. The first-order valence-electron chi connectivity index (χ1n) is 9.89. The molecule has 1 heterocycles. The third kappa shape index (κ3) is 5.19. The highest BCUT2D eigenvalue weighted by Gasteiger charge is 2.15. The number of hydrogen-bond donors (Lipinski definition) is 1. The van der Waals surface area contributed by atoms with E-state index >= 15 is 0 Å². The fraction of sp³-hybridized carbons (Fsp3) is 0.120. The van der Waals surface area contributed by atoms with E-state index in [9.17, 15) is 4.79 Å². The number of nitrogens with one attached hydrogen (secondary N) is 1. The lowest BCUT2D eigenvalue weighted by Crippen LogP contribution is -2.14. The average Bonchev–Trinajstić information content (AvgIpc) is 3.19. The second-order valence-corrected chi connectivity index (χ2v) is 8.69. The number of imidazole rings is 1. The molecule has 31 heavy (non-hydrogen) atoms. The molecular formula is C25H22ClN3OS. The van der Waals surface area contributed by atoms with Crippen LogP contribution in [-0.4, -0.2) is 21.2 Å². The topological polar surface area (TPSA) is 46.9 Å². The van der Waals surface area contributed by atoms with Crippen molar-refractivity contribution in [3.8, 4) is 16.9 Å². The maximum absolute atomic E-state index is 12.5. The molecule has 1 amide bonds. The summed E-state index contributed by atoms with van der Waals surface area (Å²) >= 11 is 7.32. The number of aryl methyl sites for hydroxylation is 2. The van der Waals surface area contributed by atoms with Gasteiger partial charge in [0.25, 0.3) is 0 Å². The van der Waals surface area contributed by atoms with Crippen molar-refractivity contribution in [3.63, 3.8) is 0 Å². The second-order valence-electron chi connectivity index (χ2n) is 7.31. The van der Waals surface area contributed by atoms with Crippen LogP contribution < -0.4 is 5.32 Å². The van der Waals surface area contributed by atoms with Crippen LogP contribution in [0.3, 0.4) is 0 Å². The van der Waals surface area contributed by atoms with Gasteiger partial charge in [0, 0.05) is 22.0 Å². The van der Waals surface area contributed by atoms with Crippen molar-refractivity contribution < 1.29 is 4.79 Å². The number of amides is 1. The molecule has 1 aromatic heterocycles. The van der Waals surface area contributed by atoms with Crippen LogP contribution in [0.5, 0.6) is 0 Å². The van der Waals surface area contributed by atoms with Crippen LogP contribution >= 0.6 is 23.4 Å². The van der Waals surface area contributed by atoms with Crippen LogP contribution in [0.4, 0.5) is 5.69 Å². The molecule has 0 bridgehead atoms. The molecule has 0 radical (unpaired) electrons. The Bertz CT molecular complexity index is 1180. The Kier molecular flexibility index (Phi) is 6.44. The smallest absolute Gasteiger partial charge is 0.234 e. The summed E-state index contributed by atoms with van der Waals surface area (Å²) in [4.78, 5) is 17.1. The van der Waals surface area contributed by atoms with Gasteiger partial charge in [-0.1, -0.05) is 70.9 Å². The van der Waals surface area contributed by atoms with Gasteiger partial charge in [-0.3, -0.25) is 9.36 Å². The van der Waals surface area contributed by atoms with Crippen molar-refractivity contribution in [2.24, 2.45) is 0 Å². The molecule has 0 fully saturated rings. The van der Waals surface area contributed by atoms with E-state index in [-0.39, 0.29) is 11.7 Å². The van der Waals surface area contributed by atoms with Crippen molar-refractivity contribution in [3.05, 3.63) is 95.1 Å². The maximum atomic E-state index is 12.5. The molecule has 0 unspecified atom stereocenters. The minimum atomic E-state index is -0.0948. The van der Waals surface area contributed by atoms with Gasteiger partial charge in [-0.05, 0) is 50.2 Å². The van der Waals surface area contributed by atoms with E-state index in [0.29, 0.717) is 5.02 Å². The minimum absolute atomic E-state index is 0.0948. The van der Waals surface area contributed by atoms with Crippen LogP contribution in [0, 0.1) is 13.8 Å². The van der Waals surface area contributed by atoms with Gasteiger partial charge in [0.15, 0.2) is 5.16 Å². The summed E-state index contributed by atoms with van der Waals surface area (Å²) in [5, 5.41) is 4.30. The van der Waals surface area contributed by atoms with Crippen molar-refractivity contribution >= 4 is 35.0 Å². The number of carbonyl (C=O) groups is 1. The lowest BCUT2D eigenvalue weighted by Gasteiger charge is -2.13. The molecule has 0 saturated carbocycles. The zero-order chi connectivity index (χ0) is 21.8. The summed E-state index contributed by atoms with van der Waals surface area (Å²) in [7, 11) is 0. The summed E-state index contributed by atoms with van der Waals surface area (Å²) in [5.41, 5.74) is 6.20. The fourth-order valence-electron chi connectivity index (χ4n) is 3.17. The molecular weight excluding hydrogens is 426 g/mol. The zero-order valence-corrected chi connectivity index (χ0v) is 18.9. The first-order valence-corrected chi connectivity index (χ1v) is 11.3. The molecule has 0 atom stereocenters. The van der Waals surface area contributed by atoms with E-state index in [0.717, 1.165) is 27.8 Å². The molecule has 0 aliphatic carbocycles. The molecule has 4 nitrogen and oxygen atoms in total. The Morgan fingerprint density at radius 3 is 2.19 bits per heavy atom. The van der Waals surface area contributed by atoms with Crippen LogP contribution in [-0.2, 0) is 4.79 Å². The third-order valence-corrected chi connectivity index (χ3v) is 6.03. The Balaban J connectivity index is 1.59. The van der Waals surface area contributed by atoms with Crippen molar-refractivity contribution in [2.45, 2.75) is 19.0 Å². The van der Waals surface area contributed by atoms with E-state index in [1.165, 1.54) is 22.9 Å². The Labute approximate surface area is 191 Å². The summed E-state index contributed by atoms with van der Waals surface area (Å²) in [6.45, 7) is 4.14. The van der Waals surface area contributed by atoms with Crippen molar-refractivity contribution in [1.82, 2.24) is 9.55 Å². The molecule has 6 heteroatoms. The number of halogens is 1. The molecule has 0 aliphatic rings. The van der Waals surface area contributed by atoms with Gasteiger partial charge in [0.1, 0.15) is 0 Å². The number of nitrogens with zero attached hydrogens (tertiary/aromatic N) is 2. The predicted octanol–water partition coefficient (Wildman–Crippen LogP) is 6.54. The highest BCUT2D eigenvalue weighted by atomic mass is 35.5. The van der Waals surface area contributed by atoms with Crippen LogP contribution in [0.25, 0.3) is 16.9 Å². The van der Waals surface area contributed by atoms with E-state index in [2.05, 4.69) is 77.2 Å². The molecule has 4 aromatic rings. The number of aromatic nitrogens is 2. The number of carbonyl (C=O) groups excluding carboxylic acids is 1. The Morgan fingerprint density at radius 2 is 1.55 bits per heavy atom. The zero-order valence-electron chi connectivity index (χ0n) is 17.3. The highest BCUT2D eigenvalue weighted by molar-refractivity contribution is 7.99. The van der Waals surface area contributed by atoms with Gasteiger partial charge in [0.2, 0.25) is 5.91 Å². The Morgan fingerprint density at radius 1 is 0.935 bits per heavy atom. The van der Waals surface area contributed by atoms with Crippen molar-refractivity contribution in [2.75, 3.05) is 11.1 Å². The van der Waals surface area contributed by atoms with Gasteiger partial charge in [-0.25, -0.2) is 4.98 Å². The summed E-state index contributed by atoms with van der Waals surface area (Å²) in [5.74, 6) is 0.154. The lowest BCUT2D eigenvalue weighted by atomic mass is 10.1. The Hall–Kier alpha value is -3.02. The van der Waals surface area contributed by atoms with E-state index < -0.39 is 0 Å². The molecule has 3 aromatic carbocycles. The second kappa shape index (κ2) is 9.41. The standard InChI is InChI=1S/C25H22ClN3OS/c1-17-3-7-19(8-4-17)23-15-27-25(29(23)22-13-5-18(2)6-14-22)31-16-24(30)28-21-11-9-20(26)10-12-21/h3-15H,16H2,1-2H3,(H,28,30). The number of rotatable bonds is 6. The average molecular weight is 448 g/mol. The maximum Gasteiger partial charge on any atom is 0.234 e. The van der Waals surface area contributed by atoms with Crippen LogP contribution in [0.15, 0.2) is 84.1 Å². The van der Waals surface area contributed by atoms with Gasteiger partial charge in [-0.15, -0.1) is 0 Å². The molecule has 0 aliphatic heterocycles. The number of hydrogen-bond acceptors (Lipinski definition) is 3. The summed E-state index contributed by atoms with van der Waals surface area (Å²) in [6.07, 6.45) is 1.87. The van der Waals surface area contributed by atoms with Crippen LogP contribution in [0.1, 0.15) is 11.1 Å². The summed E-state index contributed by atoms with van der Waals surface area (Å²) < 4.78 is 2.10. The molecule has 4 rings (SSSR count). The number of benzene rings is 3. The molecule has 1 N–H and O–H groups in total. The van der Waals surface area contributed by atoms with E-state index in [1.54, 1.807) is 24.3 Å². The summed E-state index contributed by atoms with van der Waals surface area (Å²) in [6, 6.07) is 23.8. The molecule has 0 saturated heterocycles. The number of anilines is 1. The predicted molar refractivity (Wildman–Crippen MR) is 129 cm³/mol. The fourth-order valence-corrected chi connectivity index (χ4v) is 4.09. The largest absolute Gasteiger partial charge is 0.325 e. The SMILES string of the molecule is Cc1ccc(-c2cnc(SCC(=O)Nc3ccc(Cl)cc3)n2-c2ccc(C)cc2)cc1. The highest BCUT2D eigenvalue weighted by Crippen LogP contribution is 2.30. The molecule has 0 spiro atoms. The van der Waals surface area contributed by atoms with E-state index in [1.807, 2.05) is 6.20 Å². The minimum Gasteiger partial charge on any atom is -0.325 e. The van der Waals surface area contributed by atoms with Gasteiger partial charge in [-0.2, -0.15) is 0 Å². The first-order chi connectivity index (χ1) is 15.0. The van der Waals surface area contributed by atoms with Gasteiger partial charge >= 0.3 is 0 Å². The first kappa shape index (κ1) is 21.2. The van der Waals surface area contributed by atoms with Gasteiger partial charge in [0.05, 0.1) is 17.6 Å².